The molecule has 0 aliphatic carbocycles. The maximum absolute atomic E-state index is 13.5. The number of carbonyl (C=O) groups is 1. The summed E-state index contributed by atoms with van der Waals surface area (Å²) >= 11 is 9.84. The van der Waals surface area contributed by atoms with Gasteiger partial charge in [0.2, 0.25) is 34.8 Å². The molecular formula is C13Cl2F8O3. The lowest BCUT2D eigenvalue weighted by molar-refractivity contribution is 0.141. The summed E-state index contributed by atoms with van der Waals surface area (Å²) in [6.07, 6.45) is -2.40. The Kier molecular flexibility index (Phi) is 5.52. The fourth-order valence-corrected chi connectivity index (χ4v) is 1.87. The fraction of sp³-hybridized carbons (Fsp3) is 0. The highest BCUT2D eigenvalue weighted by Gasteiger charge is 2.31. The standard InChI is InChI=1S/C13Cl2F8O3/c14-1-3(16)7(20)11(8(21)4(1)17)25-13(24)26-12-9(22)5(18)2(15)6(19)10(12)23. The largest absolute Gasteiger partial charge is 0.519 e. The Bertz CT molecular complexity index is 803. The average Bonchev–Trinajstić information content (AvgIpc) is 2.62. The van der Waals surface area contributed by atoms with Gasteiger partial charge < -0.3 is 9.47 Å². The SMILES string of the molecule is O=C(Oc1c(F)c(F)c(Cl)c(F)c1F)Oc1c(F)c(F)c(Cl)c(F)c1F. The van der Waals surface area contributed by atoms with Gasteiger partial charge in [0.1, 0.15) is 10.0 Å². The van der Waals surface area contributed by atoms with E-state index in [9.17, 15) is 39.9 Å². The molecule has 0 unspecified atom stereocenters. The van der Waals surface area contributed by atoms with E-state index in [0.717, 1.165) is 0 Å². The van der Waals surface area contributed by atoms with Crippen molar-refractivity contribution in [2.45, 2.75) is 0 Å². The van der Waals surface area contributed by atoms with Crippen LogP contribution in [0.25, 0.3) is 0 Å². The van der Waals surface area contributed by atoms with Crippen molar-refractivity contribution < 1.29 is 49.4 Å². The molecule has 0 spiro atoms. The third kappa shape index (κ3) is 3.23. The van der Waals surface area contributed by atoms with Gasteiger partial charge in [-0.15, -0.1) is 0 Å². The van der Waals surface area contributed by atoms with Crippen molar-refractivity contribution in [3.05, 3.63) is 56.6 Å². The quantitative estimate of drug-likeness (QED) is 0.203. The zero-order valence-corrected chi connectivity index (χ0v) is 13.0. The molecule has 0 radical (unpaired) electrons. The lowest BCUT2D eigenvalue weighted by atomic mass is 10.3. The first-order chi connectivity index (χ1) is 12.0. The van der Waals surface area contributed by atoms with Crippen LogP contribution < -0.4 is 9.47 Å². The molecule has 0 N–H and O–H groups in total. The molecule has 0 aliphatic heterocycles. The van der Waals surface area contributed by atoms with Crippen LogP contribution in [0, 0.1) is 46.5 Å². The first-order valence-electron chi connectivity index (χ1n) is 5.91. The van der Waals surface area contributed by atoms with Gasteiger partial charge in [0.15, 0.2) is 23.3 Å². The Morgan fingerprint density at radius 1 is 0.538 bits per heavy atom. The van der Waals surface area contributed by atoms with Crippen LogP contribution >= 0.6 is 23.2 Å². The smallest absolute Gasteiger partial charge is 0.388 e. The van der Waals surface area contributed by atoms with Crippen molar-refractivity contribution in [3.63, 3.8) is 0 Å². The molecule has 0 saturated heterocycles. The van der Waals surface area contributed by atoms with E-state index in [1.54, 1.807) is 0 Å². The number of benzene rings is 2. The van der Waals surface area contributed by atoms with Crippen molar-refractivity contribution >= 4 is 29.4 Å². The lowest BCUT2D eigenvalue weighted by Crippen LogP contribution is -2.19. The minimum absolute atomic E-state index is 1.61. The van der Waals surface area contributed by atoms with Crippen LogP contribution in [-0.2, 0) is 0 Å². The van der Waals surface area contributed by atoms with Gasteiger partial charge in [0, 0.05) is 0 Å². The predicted molar refractivity (Wildman–Crippen MR) is 69.2 cm³/mol. The molecule has 0 saturated carbocycles. The molecule has 13 heteroatoms. The van der Waals surface area contributed by atoms with Crippen LogP contribution in [0.5, 0.6) is 11.5 Å². The Morgan fingerprint density at radius 2 is 0.769 bits per heavy atom. The van der Waals surface area contributed by atoms with E-state index in [4.69, 9.17) is 23.2 Å². The molecular weight excluding hydrogens is 427 g/mol. The van der Waals surface area contributed by atoms with Gasteiger partial charge >= 0.3 is 6.16 Å². The van der Waals surface area contributed by atoms with E-state index in [0.29, 0.717) is 0 Å². The molecule has 0 bridgehead atoms. The molecule has 3 nitrogen and oxygen atoms in total. The highest BCUT2D eigenvalue weighted by atomic mass is 35.5. The predicted octanol–water partition coefficient (Wildman–Crippen LogP) is 5.68. The monoisotopic (exact) mass is 426 g/mol. The van der Waals surface area contributed by atoms with Crippen LogP contribution in [-0.4, -0.2) is 6.16 Å². The molecule has 0 aliphatic rings. The van der Waals surface area contributed by atoms with E-state index in [1.165, 1.54) is 0 Å². The zero-order valence-electron chi connectivity index (χ0n) is 11.5. The fourth-order valence-electron chi connectivity index (χ4n) is 1.54. The first kappa shape index (κ1) is 20.0. The van der Waals surface area contributed by atoms with Gasteiger partial charge in [-0.1, -0.05) is 23.2 Å². The van der Waals surface area contributed by atoms with Crippen molar-refractivity contribution in [1.82, 2.24) is 0 Å². The molecule has 0 heterocycles. The summed E-state index contributed by atoms with van der Waals surface area (Å²) in [5.74, 6) is -21.8. The van der Waals surface area contributed by atoms with Crippen LogP contribution in [0.3, 0.4) is 0 Å². The summed E-state index contributed by atoms with van der Waals surface area (Å²) in [4.78, 5) is 11.3. The molecule has 2 rings (SSSR count). The van der Waals surface area contributed by atoms with Gasteiger partial charge in [-0.05, 0) is 0 Å². The topological polar surface area (TPSA) is 35.5 Å². The van der Waals surface area contributed by atoms with Crippen LogP contribution in [0.15, 0.2) is 0 Å². The van der Waals surface area contributed by atoms with Gasteiger partial charge in [-0.3, -0.25) is 0 Å². The van der Waals surface area contributed by atoms with Gasteiger partial charge in [0.25, 0.3) is 0 Å². The van der Waals surface area contributed by atoms with Gasteiger partial charge in [-0.2, -0.15) is 17.6 Å². The normalized spacial score (nSPS) is 10.8. The second kappa shape index (κ2) is 7.16. The number of halogens is 10. The molecule has 0 fully saturated rings. The van der Waals surface area contributed by atoms with Crippen LogP contribution in [0.2, 0.25) is 10.0 Å². The summed E-state index contributed by atoms with van der Waals surface area (Å²) in [5.41, 5.74) is 0. The Morgan fingerprint density at radius 3 is 1.00 bits per heavy atom. The van der Waals surface area contributed by atoms with Crippen LogP contribution in [0.1, 0.15) is 0 Å². The van der Waals surface area contributed by atoms with E-state index in [2.05, 4.69) is 9.47 Å². The van der Waals surface area contributed by atoms with Crippen molar-refractivity contribution in [2.24, 2.45) is 0 Å². The van der Waals surface area contributed by atoms with E-state index >= 15 is 0 Å². The third-order valence-corrected chi connectivity index (χ3v) is 3.37. The highest BCUT2D eigenvalue weighted by Crippen LogP contribution is 2.35. The first-order valence-corrected chi connectivity index (χ1v) is 6.67. The third-order valence-electron chi connectivity index (χ3n) is 2.71. The molecule has 2 aromatic carbocycles. The number of ether oxygens (including phenoxy) is 2. The van der Waals surface area contributed by atoms with Gasteiger partial charge in [0.05, 0.1) is 0 Å². The molecule has 2 aromatic rings. The minimum Gasteiger partial charge on any atom is -0.388 e. The second-order valence-corrected chi connectivity index (χ2v) is 5.01. The van der Waals surface area contributed by atoms with E-state index in [-0.39, 0.29) is 0 Å². The molecule has 26 heavy (non-hydrogen) atoms. The van der Waals surface area contributed by atoms with E-state index in [1.807, 2.05) is 0 Å². The maximum Gasteiger partial charge on any atom is 0.519 e. The van der Waals surface area contributed by atoms with Crippen molar-refractivity contribution in [3.8, 4) is 11.5 Å². The van der Waals surface area contributed by atoms with Crippen molar-refractivity contribution in [1.29, 1.82) is 0 Å². The number of hydrogen-bond acceptors (Lipinski definition) is 3. The zero-order chi connectivity index (χ0) is 19.9. The summed E-state index contributed by atoms with van der Waals surface area (Å²) in [7, 11) is 0. The summed E-state index contributed by atoms with van der Waals surface area (Å²) in [6, 6.07) is 0. The van der Waals surface area contributed by atoms with Crippen molar-refractivity contribution in [2.75, 3.05) is 0 Å². The number of carbonyl (C=O) groups excluding carboxylic acids is 1. The maximum atomic E-state index is 13.5. The van der Waals surface area contributed by atoms with E-state index < -0.39 is 74.2 Å². The highest BCUT2D eigenvalue weighted by molar-refractivity contribution is 6.31. The molecule has 0 atom stereocenters. The summed E-state index contributed by atoms with van der Waals surface area (Å²) in [6.45, 7) is 0. The summed E-state index contributed by atoms with van der Waals surface area (Å²) < 4.78 is 114. The average molecular weight is 427 g/mol. The van der Waals surface area contributed by atoms with Gasteiger partial charge in [-0.25, -0.2) is 22.4 Å². The molecule has 140 valence electrons. The molecule has 0 amide bonds. The number of rotatable bonds is 2. The Balaban J connectivity index is 2.41. The molecule has 0 aromatic heterocycles. The lowest BCUT2D eigenvalue weighted by Gasteiger charge is -2.11. The number of hydrogen-bond donors (Lipinski definition) is 0. The Labute approximate surface area is 147 Å². The second-order valence-electron chi connectivity index (χ2n) is 4.25. The van der Waals surface area contributed by atoms with Crippen LogP contribution in [0.4, 0.5) is 39.9 Å². The summed E-state index contributed by atoms with van der Waals surface area (Å²) in [5, 5.41) is -3.22. The Hall–Kier alpha value is -2.27. The minimum atomic E-state index is -2.40.